The summed E-state index contributed by atoms with van der Waals surface area (Å²) in [7, 11) is 0. The van der Waals surface area contributed by atoms with Gasteiger partial charge in [-0.15, -0.1) is 0 Å². The van der Waals surface area contributed by atoms with Crippen molar-refractivity contribution in [3.63, 3.8) is 0 Å². The van der Waals surface area contributed by atoms with Crippen molar-refractivity contribution >= 4 is 22.3 Å². The maximum absolute atomic E-state index is 4.72. The van der Waals surface area contributed by atoms with E-state index in [1.54, 1.807) is 0 Å². The van der Waals surface area contributed by atoms with Gasteiger partial charge in [0.2, 0.25) is 0 Å². The summed E-state index contributed by atoms with van der Waals surface area (Å²) in [5.74, 6) is 0.994. The summed E-state index contributed by atoms with van der Waals surface area (Å²) in [5.41, 5.74) is 3.92. The van der Waals surface area contributed by atoms with Gasteiger partial charge in [-0.3, -0.25) is 0 Å². The topological polar surface area (TPSA) is 28.2 Å². The third-order valence-electron chi connectivity index (χ3n) is 5.18. The number of hydrogen-bond donors (Lipinski definition) is 1. The van der Waals surface area contributed by atoms with E-state index in [0.29, 0.717) is 6.04 Å². The van der Waals surface area contributed by atoms with Crippen LogP contribution in [0.15, 0.2) is 54.6 Å². The Hall–Kier alpha value is -2.55. The molecule has 0 radical (unpaired) electrons. The standard InChI is InChI=1S/C22H25N3/c1-16-15-19-8-3-5-9-20(19)22(24-16)23-13-14-25-17(2)11-12-18-7-4-6-10-21(18)25/h3-10,15,17H,11-14H2,1-2H3,(H,23,24). The monoisotopic (exact) mass is 331 g/mol. The molecule has 1 aliphatic heterocycles. The number of hydrogen-bond acceptors (Lipinski definition) is 3. The number of aryl methyl sites for hydroxylation is 2. The van der Waals surface area contributed by atoms with Crippen LogP contribution < -0.4 is 10.2 Å². The van der Waals surface area contributed by atoms with Crippen molar-refractivity contribution in [2.75, 3.05) is 23.3 Å². The minimum atomic E-state index is 0.582. The van der Waals surface area contributed by atoms with Crippen LogP contribution in [-0.2, 0) is 6.42 Å². The Kier molecular flexibility index (Phi) is 4.31. The molecule has 2 heterocycles. The largest absolute Gasteiger partial charge is 0.368 e. The Bertz CT molecular complexity index is 887. The van der Waals surface area contributed by atoms with Crippen LogP contribution in [0.5, 0.6) is 0 Å². The van der Waals surface area contributed by atoms with Crippen LogP contribution in [0.4, 0.5) is 11.5 Å². The summed E-state index contributed by atoms with van der Waals surface area (Å²) in [6, 6.07) is 20.0. The summed E-state index contributed by atoms with van der Waals surface area (Å²) in [4.78, 5) is 7.25. The number of aromatic nitrogens is 1. The van der Waals surface area contributed by atoms with Crippen LogP contribution >= 0.6 is 0 Å². The van der Waals surface area contributed by atoms with Gasteiger partial charge in [-0.25, -0.2) is 4.98 Å². The molecule has 128 valence electrons. The highest BCUT2D eigenvalue weighted by atomic mass is 15.2. The molecule has 2 aromatic carbocycles. The molecule has 1 aliphatic rings. The number of benzene rings is 2. The van der Waals surface area contributed by atoms with Crippen molar-refractivity contribution in [3.05, 3.63) is 65.9 Å². The van der Waals surface area contributed by atoms with Gasteiger partial charge in [0.05, 0.1) is 0 Å². The lowest BCUT2D eigenvalue weighted by Gasteiger charge is -2.37. The first-order valence-electron chi connectivity index (χ1n) is 9.17. The molecule has 0 saturated carbocycles. The van der Waals surface area contributed by atoms with Gasteiger partial charge in [-0.2, -0.15) is 0 Å². The molecule has 0 amide bonds. The Labute approximate surface area is 149 Å². The Morgan fingerprint density at radius 2 is 1.92 bits per heavy atom. The molecule has 1 unspecified atom stereocenters. The van der Waals surface area contributed by atoms with Crippen LogP contribution in [0.3, 0.4) is 0 Å². The van der Waals surface area contributed by atoms with Gasteiger partial charge in [0.25, 0.3) is 0 Å². The molecule has 0 fully saturated rings. The summed E-state index contributed by atoms with van der Waals surface area (Å²) in [6.07, 6.45) is 2.41. The molecule has 25 heavy (non-hydrogen) atoms. The van der Waals surface area contributed by atoms with Crippen molar-refractivity contribution in [1.82, 2.24) is 4.98 Å². The van der Waals surface area contributed by atoms with E-state index in [4.69, 9.17) is 4.98 Å². The highest BCUT2D eigenvalue weighted by molar-refractivity contribution is 5.92. The smallest absolute Gasteiger partial charge is 0.134 e. The maximum Gasteiger partial charge on any atom is 0.134 e. The summed E-state index contributed by atoms with van der Waals surface area (Å²) in [6.45, 7) is 6.26. The number of rotatable bonds is 4. The number of anilines is 2. The van der Waals surface area contributed by atoms with Crippen LogP contribution in [0, 0.1) is 6.92 Å². The molecule has 4 rings (SSSR count). The summed E-state index contributed by atoms with van der Waals surface area (Å²) < 4.78 is 0. The molecular formula is C22H25N3. The molecule has 3 heteroatoms. The normalized spacial score (nSPS) is 16.7. The number of para-hydroxylation sites is 1. The fourth-order valence-corrected chi connectivity index (χ4v) is 3.86. The Balaban J connectivity index is 1.52. The van der Waals surface area contributed by atoms with Crippen LogP contribution in [0.25, 0.3) is 10.8 Å². The molecule has 0 aliphatic carbocycles. The predicted octanol–water partition coefficient (Wildman–Crippen LogP) is 4.80. The van der Waals surface area contributed by atoms with Gasteiger partial charge in [-0.1, -0.05) is 42.5 Å². The van der Waals surface area contributed by atoms with E-state index in [0.717, 1.165) is 24.6 Å². The molecule has 3 aromatic rings. The van der Waals surface area contributed by atoms with Crippen LogP contribution in [-0.4, -0.2) is 24.1 Å². The van der Waals surface area contributed by atoms with Crippen molar-refractivity contribution < 1.29 is 0 Å². The first-order valence-corrected chi connectivity index (χ1v) is 9.17. The molecule has 3 nitrogen and oxygen atoms in total. The highest BCUT2D eigenvalue weighted by Gasteiger charge is 2.22. The highest BCUT2D eigenvalue weighted by Crippen LogP contribution is 2.30. The van der Waals surface area contributed by atoms with Crippen LogP contribution in [0.2, 0.25) is 0 Å². The Morgan fingerprint density at radius 3 is 2.84 bits per heavy atom. The fraction of sp³-hybridized carbons (Fsp3) is 0.318. The minimum Gasteiger partial charge on any atom is -0.368 e. The second kappa shape index (κ2) is 6.75. The summed E-state index contributed by atoms with van der Waals surface area (Å²) in [5, 5.41) is 6.01. The molecule has 1 aromatic heterocycles. The van der Waals surface area contributed by atoms with E-state index in [9.17, 15) is 0 Å². The van der Waals surface area contributed by atoms with E-state index in [1.165, 1.54) is 34.9 Å². The maximum atomic E-state index is 4.72. The lowest BCUT2D eigenvalue weighted by atomic mass is 9.97. The zero-order chi connectivity index (χ0) is 17.2. The van der Waals surface area contributed by atoms with Gasteiger partial charge >= 0.3 is 0 Å². The lowest BCUT2D eigenvalue weighted by Crippen LogP contribution is -2.40. The van der Waals surface area contributed by atoms with Gasteiger partial charge in [0.15, 0.2) is 0 Å². The zero-order valence-corrected chi connectivity index (χ0v) is 15.0. The first-order chi connectivity index (χ1) is 12.2. The van der Waals surface area contributed by atoms with E-state index >= 15 is 0 Å². The molecule has 0 bridgehead atoms. The second-order valence-corrected chi connectivity index (χ2v) is 6.97. The average molecular weight is 331 g/mol. The van der Waals surface area contributed by atoms with Gasteiger partial charge in [0, 0.05) is 35.9 Å². The lowest BCUT2D eigenvalue weighted by molar-refractivity contribution is 0.567. The van der Waals surface area contributed by atoms with Crippen molar-refractivity contribution in [1.29, 1.82) is 0 Å². The van der Waals surface area contributed by atoms with Gasteiger partial charge < -0.3 is 10.2 Å². The quantitative estimate of drug-likeness (QED) is 0.744. The molecule has 0 saturated heterocycles. The van der Waals surface area contributed by atoms with E-state index in [1.807, 2.05) is 0 Å². The fourth-order valence-electron chi connectivity index (χ4n) is 3.86. The van der Waals surface area contributed by atoms with Crippen molar-refractivity contribution in [2.45, 2.75) is 32.7 Å². The average Bonchev–Trinajstić information content (AvgIpc) is 2.63. The molecular weight excluding hydrogens is 306 g/mol. The molecule has 0 spiro atoms. The third kappa shape index (κ3) is 3.19. The van der Waals surface area contributed by atoms with E-state index < -0.39 is 0 Å². The zero-order valence-electron chi connectivity index (χ0n) is 15.0. The third-order valence-corrected chi connectivity index (χ3v) is 5.18. The number of pyridine rings is 1. The number of fused-ring (bicyclic) bond motifs is 2. The van der Waals surface area contributed by atoms with Gasteiger partial charge in [0.1, 0.15) is 5.82 Å². The number of nitrogens with one attached hydrogen (secondary N) is 1. The van der Waals surface area contributed by atoms with E-state index in [2.05, 4.69) is 78.7 Å². The first kappa shape index (κ1) is 15.9. The van der Waals surface area contributed by atoms with Crippen molar-refractivity contribution in [3.8, 4) is 0 Å². The van der Waals surface area contributed by atoms with E-state index in [-0.39, 0.29) is 0 Å². The number of nitrogens with zero attached hydrogens (tertiary/aromatic N) is 2. The molecule has 1 N–H and O–H groups in total. The molecule has 1 atom stereocenters. The predicted molar refractivity (Wildman–Crippen MR) is 107 cm³/mol. The second-order valence-electron chi connectivity index (χ2n) is 6.97. The van der Waals surface area contributed by atoms with Gasteiger partial charge in [-0.05, 0) is 49.8 Å². The van der Waals surface area contributed by atoms with Crippen molar-refractivity contribution in [2.24, 2.45) is 0 Å². The SMILES string of the molecule is Cc1cc2ccccc2c(NCCN2c3ccccc3CCC2C)n1. The van der Waals surface area contributed by atoms with Crippen LogP contribution in [0.1, 0.15) is 24.6 Å². The minimum absolute atomic E-state index is 0.582. The Morgan fingerprint density at radius 1 is 1.12 bits per heavy atom. The summed E-state index contributed by atoms with van der Waals surface area (Å²) >= 11 is 0.